The van der Waals surface area contributed by atoms with E-state index < -0.39 is 23.2 Å². The van der Waals surface area contributed by atoms with Gasteiger partial charge >= 0.3 is 5.97 Å². The molecular formula is C14H18F2N2O2. The van der Waals surface area contributed by atoms with Crippen LogP contribution in [0.3, 0.4) is 0 Å². The van der Waals surface area contributed by atoms with Crippen LogP contribution in [0.5, 0.6) is 0 Å². The fourth-order valence-electron chi connectivity index (χ4n) is 2.47. The van der Waals surface area contributed by atoms with E-state index in [1.165, 1.54) is 12.1 Å². The van der Waals surface area contributed by atoms with Gasteiger partial charge in [0.1, 0.15) is 0 Å². The number of nitrogens with one attached hydrogen (secondary N) is 1. The van der Waals surface area contributed by atoms with E-state index in [2.05, 4.69) is 10.1 Å². The Morgan fingerprint density at radius 1 is 1.30 bits per heavy atom. The third-order valence-electron chi connectivity index (χ3n) is 3.65. The standard InChI is InChI=1S/C14H18F2N2O2/c1-20-14(19)8-6-7-11(13(16)12(8)15)18-10-5-3-2-4-9(10)17/h6-7,9-10,18H,2-5,17H2,1H3. The van der Waals surface area contributed by atoms with Crippen molar-refractivity contribution >= 4 is 11.7 Å². The van der Waals surface area contributed by atoms with Gasteiger partial charge in [-0.05, 0) is 25.0 Å². The minimum Gasteiger partial charge on any atom is -0.465 e. The van der Waals surface area contributed by atoms with Crippen molar-refractivity contribution in [3.8, 4) is 0 Å². The summed E-state index contributed by atoms with van der Waals surface area (Å²) in [7, 11) is 1.12. The Morgan fingerprint density at radius 2 is 2.00 bits per heavy atom. The normalized spacial score (nSPS) is 22.4. The van der Waals surface area contributed by atoms with Crippen molar-refractivity contribution in [1.82, 2.24) is 0 Å². The van der Waals surface area contributed by atoms with E-state index in [0.29, 0.717) is 0 Å². The average molecular weight is 284 g/mol. The Bertz CT molecular complexity index is 508. The second kappa shape index (κ2) is 6.17. The SMILES string of the molecule is COC(=O)c1ccc(NC2CCCCC2N)c(F)c1F. The van der Waals surface area contributed by atoms with E-state index in [1.54, 1.807) is 0 Å². The van der Waals surface area contributed by atoms with Gasteiger partial charge in [0.05, 0.1) is 18.4 Å². The first kappa shape index (κ1) is 14.7. The molecule has 1 aliphatic rings. The van der Waals surface area contributed by atoms with Gasteiger partial charge in [0.15, 0.2) is 11.6 Å². The smallest absolute Gasteiger partial charge is 0.340 e. The highest BCUT2D eigenvalue weighted by Gasteiger charge is 2.24. The molecular weight excluding hydrogens is 266 g/mol. The highest BCUT2D eigenvalue weighted by molar-refractivity contribution is 5.90. The van der Waals surface area contributed by atoms with Gasteiger partial charge in [-0.2, -0.15) is 0 Å². The first-order valence-corrected chi connectivity index (χ1v) is 6.63. The van der Waals surface area contributed by atoms with Gasteiger partial charge in [-0.1, -0.05) is 12.8 Å². The predicted molar refractivity (Wildman–Crippen MR) is 71.6 cm³/mol. The van der Waals surface area contributed by atoms with E-state index in [9.17, 15) is 13.6 Å². The molecule has 0 heterocycles. The van der Waals surface area contributed by atoms with E-state index in [0.717, 1.165) is 32.8 Å². The van der Waals surface area contributed by atoms with E-state index in [4.69, 9.17) is 5.73 Å². The summed E-state index contributed by atoms with van der Waals surface area (Å²) in [6.07, 6.45) is 3.75. The molecule has 0 spiro atoms. The summed E-state index contributed by atoms with van der Waals surface area (Å²) in [5.41, 5.74) is 5.57. The zero-order chi connectivity index (χ0) is 14.7. The van der Waals surface area contributed by atoms with Gasteiger partial charge in [-0.3, -0.25) is 0 Å². The zero-order valence-electron chi connectivity index (χ0n) is 11.3. The monoisotopic (exact) mass is 284 g/mol. The Kier molecular flexibility index (Phi) is 4.54. The number of rotatable bonds is 3. The number of esters is 1. The van der Waals surface area contributed by atoms with Gasteiger partial charge in [0.2, 0.25) is 0 Å². The van der Waals surface area contributed by atoms with Crippen LogP contribution in [-0.2, 0) is 4.74 Å². The quantitative estimate of drug-likeness (QED) is 0.837. The lowest BCUT2D eigenvalue weighted by Crippen LogP contribution is -2.42. The topological polar surface area (TPSA) is 64.3 Å². The van der Waals surface area contributed by atoms with Crippen molar-refractivity contribution in [1.29, 1.82) is 0 Å². The van der Waals surface area contributed by atoms with Crippen molar-refractivity contribution in [3.05, 3.63) is 29.3 Å². The first-order valence-electron chi connectivity index (χ1n) is 6.63. The second-order valence-corrected chi connectivity index (χ2v) is 4.98. The molecule has 0 saturated heterocycles. The summed E-state index contributed by atoms with van der Waals surface area (Å²) in [6, 6.07) is 2.39. The van der Waals surface area contributed by atoms with Crippen LogP contribution in [0.4, 0.5) is 14.5 Å². The number of hydrogen-bond donors (Lipinski definition) is 2. The Labute approximate surface area is 116 Å². The minimum absolute atomic E-state index is 0.0255. The fourth-order valence-corrected chi connectivity index (χ4v) is 2.47. The highest BCUT2D eigenvalue weighted by atomic mass is 19.2. The van der Waals surface area contributed by atoms with Gasteiger partial charge in [0.25, 0.3) is 0 Å². The molecule has 1 fully saturated rings. The molecule has 1 saturated carbocycles. The number of ether oxygens (including phenoxy) is 1. The average Bonchev–Trinajstić information content (AvgIpc) is 2.45. The maximum absolute atomic E-state index is 14.0. The number of anilines is 1. The predicted octanol–water partition coefficient (Wildman–Crippen LogP) is 2.43. The molecule has 2 rings (SSSR count). The maximum Gasteiger partial charge on any atom is 0.340 e. The van der Waals surface area contributed by atoms with Gasteiger partial charge in [-0.15, -0.1) is 0 Å². The molecule has 0 radical (unpaired) electrons. The minimum atomic E-state index is -1.20. The molecule has 20 heavy (non-hydrogen) atoms. The summed E-state index contributed by atoms with van der Waals surface area (Å²) in [5.74, 6) is -3.18. The van der Waals surface area contributed by atoms with E-state index in [-0.39, 0.29) is 17.8 Å². The Hall–Kier alpha value is -1.69. The van der Waals surface area contributed by atoms with Gasteiger partial charge in [0, 0.05) is 12.1 Å². The lowest BCUT2D eigenvalue weighted by Gasteiger charge is -2.30. The number of benzene rings is 1. The van der Waals surface area contributed by atoms with E-state index >= 15 is 0 Å². The summed E-state index contributed by atoms with van der Waals surface area (Å²) in [4.78, 5) is 11.3. The van der Waals surface area contributed by atoms with Crippen LogP contribution >= 0.6 is 0 Å². The summed E-state index contributed by atoms with van der Waals surface area (Å²) in [6.45, 7) is 0. The van der Waals surface area contributed by atoms with Crippen LogP contribution in [0, 0.1) is 11.6 Å². The molecule has 1 aromatic carbocycles. The lowest BCUT2D eigenvalue weighted by molar-refractivity contribution is 0.0594. The fraction of sp³-hybridized carbons (Fsp3) is 0.500. The molecule has 110 valence electrons. The Morgan fingerprint density at radius 3 is 2.65 bits per heavy atom. The number of nitrogens with two attached hydrogens (primary N) is 1. The molecule has 4 nitrogen and oxygen atoms in total. The van der Waals surface area contributed by atoms with Crippen LogP contribution in [-0.4, -0.2) is 25.2 Å². The third-order valence-corrected chi connectivity index (χ3v) is 3.65. The maximum atomic E-state index is 14.0. The lowest BCUT2D eigenvalue weighted by atomic mass is 9.91. The molecule has 3 N–H and O–H groups in total. The Balaban J connectivity index is 2.21. The highest BCUT2D eigenvalue weighted by Crippen LogP contribution is 2.25. The van der Waals surface area contributed by atoms with Crippen molar-refractivity contribution < 1.29 is 18.3 Å². The van der Waals surface area contributed by atoms with Crippen molar-refractivity contribution in [3.63, 3.8) is 0 Å². The molecule has 1 aromatic rings. The van der Waals surface area contributed by atoms with Crippen molar-refractivity contribution in [2.24, 2.45) is 5.73 Å². The number of carbonyl (C=O) groups excluding carboxylic acids is 1. The van der Waals surface area contributed by atoms with E-state index in [1.807, 2.05) is 0 Å². The second-order valence-electron chi connectivity index (χ2n) is 4.98. The molecule has 1 aliphatic carbocycles. The molecule has 2 atom stereocenters. The molecule has 0 aromatic heterocycles. The third kappa shape index (κ3) is 2.90. The van der Waals surface area contributed by atoms with Crippen LogP contribution in [0.1, 0.15) is 36.0 Å². The largest absolute Gasteiger partial charge is 0.465 e. The van der Waals surface area contributed by atoms with Crippen molar-refractivity contribution in [2.45, 2.75) is 37.8 Å². The molecule has 2 unspecified atom stereocenters. The zero-order valence-corrected chi connectivity index (χ0v) is 11.3. The summed E-state index contributed by atoms with van der Waals surface area (Å²) < 4.78 is 32.2. The van der Waals surface area contributed by atoms with Crippen LogP contribution in [0.2, 0.25) is 0 Å². The molecule has 6 heteroatoms. The molecule has 0 bridgehead atoms. The van der Waals surface area contributed by atoms with Crippen molar-refractivity contribution in [2.75, 3.05) is 12.4 Å². The van der Waals surface area contributed by atoms with Crippen LogP contribution in [0.25, 0.3) is 0 Å². The number of hydrogen-bond acceptors (Lipinski definition) is 4. The number of methoxy groups -OCH3 is 1. The molecule has 0 aliphatic heterocycles. The summed E-state index contributed by atoms with van der Waals surface area (Å²) in [5, 5.41) is 2.93. The first-order chi connectivity index (χ1) is 9.54. The van der Waals surface area contributed by atoms with Crippen LogP contribution < -0.4 is 11.1 Å². The van der Waals surface area contributed by atoms with Gasteiger partial charge in [-0.25, -0.2) is 13.6 Å². The van der Waals surface area contributed by atoms with Gasteiger partial charge < -0.3 is 15.8 Å². The molecule has 0 amide bonds. The summed E-state index contributed by atoms with van der Waals surface area (Å²) >= 11 is 0. The number of carbonyl (C=O) groups is 1. The van der Waals surface area contributed by atoms with Crippen LogP contribution in [0.15, 0.2) is 12.1 Å². The number of halogens is 2.